The molecule has 1 aliphatic carbocycles. The molecule has 0 aromatic rings. The molecule has 0 aromatic heterocycles. The van der Waals surface area contributed by atoms with Gasteiger partial charge in [0.2, 0.25) is 0 Å². The standard InChI is InChI=1S/C7H14OP/c1-9(8)7-5-3-2-4-6-7/h7H,2-6H2,1H3. The SMILES string of the molecule is C[P](=O)C1CCCCC1. The number of rotatable bonds is 1. The maximum atomic E-state index is 10.9. The molecule has 0 aliphatic heterocycles. The van der Waals surface area contributed by atoms with E-state index < -0.39 is 7.80 Å². The highest BCUT2D eigenvalue weighted by atomic mass is 31.1. The van der Waals surface area contributed by atoms with Crippen LogP contribution in [0.4, 0.5) is 0 Å². The fraction of sp³-hybridized carbons (Fsp3) is 1.00. The molecule has 1 aliphatic rings. The summed E-state index contributed by atoms with van der Waals surface area (Å²) < 4.78 is 10.9. The lowest BCUT2D eigenvalue weighted by molar-refractivity contribution is 0.493. The fourth-order valence-corrected chi connectivity index (χ4v) is 2.54. The van der Waals surface area contributed by atoms with Gasteiger partial charge in [-0.3, -0.25) is 4.57 Å². The molecule has 0 N–H and O–H groups in total. The second-order valence-electron chi connectivity index (χ2n) is 2.84. The van der Waals surface area contributed by atoms with Gasteiger partial charge in [0.25, 0.3) is 0 Å². The maximum Gasteiger partial charge on any atom is 0.0718 e. The van der Waals surface area contributed by atoms with Gasteiger partial charge < -0.3 is 0 Å². The molecule has 1 radical (unpaired) electrons. The minimum absolute atomic E-state index is 0.564. The van der Waals surface area contributed by atoms with Gasteiger partial charge in [-0.2, -0.15) is 0 Å². The summed E-state index contributed by atoms with van der Waals surface area (Å²) >= 11 is 0. The van der Waals surface area contributed by atoms with Crippen LogP contribution in [-0.2, 0) is 4.57 Å². The fourth-order valence-electron chi connectivity index (χ4n) is 1.44. The van der Waals surface area contributed by atoms with Crippen molar-refractivity contribution < 1.29 is 4.57 Å². The van der Waals surface area contributed by atoms with Gasteiger partial charge in [-0.05, 0) is 12.8 Å². The van der Waals surface area contributed by atoms with E-state index in [1.165, 1.54) is 32.1 Å². The molecule has 1 nitrogen and oxygen atoms in total. The summed E-state index contributed by atoms with van der Waals surface area (Å²) in [7, 11) is -0.869. The highest BCUT2D eigenvalue weighted by Gasteiger charge is 2.15. The quantitative estimate of drug-likeness (QED) is 0.518. The smallest absolute Gasteiger partial charge is 0.0718 e. The number of hydrogen-bond donors (Lipinski definition) is 0. The van der Waals surface area contributed by atoms with Gasteiger partial charge in [-0.25, -0.2) is 0 Å². The highest BCUT2D eigenvalue weighted by molar-refractivity contribution is 7.44. The van der Waals surface area contributed by atoms with Crippen LogP contribution in [0.1, 0.15) is 32.1 Å². The van der Waals surface area contributed by atoms with E-state index in [1.54, 1.807) is 0 Å². The van der Waals surface area contributed by atoms with E-state index in [9.17, 15) is 4.57 Å². The minimum atomic E-state index is -0.869. The lowest BCUT2D eigenvalue weighted by atomic mass is 10.0. The van der Waals surface area contributed by atoms with Crippen LogP contribution in [0.25, 0.3) is 0 Å². The zero-order chi connectivity index (χ0) is 6.69. The lowest BCUT2D eigenvalue weighted by Crippen LogP contribution is -2.06. The van der Waals surface area contributed by atoms with E-state index in [2.05, 4.69) is 0 Å². The predicted octanol–water partition coefficient (Wildman–Crippen LogP) is 2.78. The topological polar surface area (TPSA) is 17.1 Å². The molecule has 0 spiro atoms. The van der Waals surface area contributed by atoms with Gasteiger partial charge in [0.05, 0.1) is 7.80 Å². The van der Waals surface area contributed by atoms with Crippen LogP contribution in [0.3, 0.4) is 0 Å². The molecule has 0 bridgehead atoms. The molecule has 0 amide bonds. The molecule has 2 heteroatoms. The Kier molecular flexibility index (Phi) is 2.65. The van der Waals surface area contributed by atoms with Crippen LogP contribution in [0.15, 0.2) is 0 Å². The summed E-state index contributed by atoms with van der Waals surface area (Å²) in [5.41, 5.74) is 0.564. The molecule has 1 fully saturated rings. The second kappa shape index (κ2) is 3.31. The van der Waals surface area contributed by atoms with E-state index in [1.807, 2.05) is 6.66 Å². The van der Waals surface area contributed by atoms with Crippen LogP contribution < -0.4 is 0 Å². The van der Waals surface area contributed by atoms with E-state index in [-0.39, 0.29) is 0 Å². The van der Waals surface area contributed by atoms with Crippen molar-refractivity contribution in [3.05, 3.63) is 0 Å². The van der Waals surface area contributed by atoms with Crippen LogP contribution in [-0.4, -0.2) is 12.3 Å². The Hall–Kier alpha value is 0.100. The first kappa shape index (κ1) is 7.21. The Morgan fingerprint density at radius 3 is 2.11 bits per heavy atom. The molecular weight excluding hydrogens is 131 g/mol. The third-order valence-electron chi connectivity index (χ3n) is 2.09. The zero-order valence-corrected chi connectivity index (χ0v) is 6.86. The largest absolute Gasteiger partial charge is 0.287 e. The average molecular weight is 145 g/mol. The Morgan fingerprint density at radius 2 is 1.78 bits per heavy atom. The van der Waals surface area contributed by atoms with Crippen molar-refractivity contribution in [2.45, 2.75) is 37.8 Å². The second-order valence-corrected chi connectivity index (χ2v) is 4.66. The zero-order valence-electron chi connectivity index (χ0n) is 5.97. The molecule has 1 saturated carbocycles. The van der Waals surface area contributed by atoms with E-state index in [0.717, 1.165) is 0 Å². The summed E-state index contributed by atoms with van der Waals surface area (Å²) in [4.78, 5) is 0. The van der Waals surface area contributed by atoms with Gasteiger partial charge in [0, 0.05) is 12.3 Å². The van der Waals surface area contributed by atoms with E-state index in [4.69, 9.17) is 0 Å². The molecule has 0 saturated heterocycles. The summed E-state index contributed by atoms with van der Waals surface area (Å²) in [5.74, 6) is 0. The van der Waals surface area contributed by atoms with Gasteiger partial charge in [-0.1, -0.05) is 19.3 Å². The number of hydrogen-bond acceptors (Lipinski definition) is 1. The van der Waals surface area contributed by atoms with Crippen molar-refractivity contribution in [1.82, 2.24) is 0 Å². The normalized spacial score (nSPS) is 23.9. The molecule has 1 rings (SSSR count). The first-order chi connectivity index (χ1) is 4.30. The molecular formula is C7H14OP. The Bertz CT molecular complexity index is 105. The molecule has 53 valence electrons. The van der Waals surface area contributed by atoms with E-state index >= 15 is 0 Å². The summed E-state index contributed by atoms with van der Waals surface area (Å²) in [6, 6.07) is 0. The van der Waals surface area contributed by atoms with Crippen molar-refractivity contribution in [2.75, 3.05) is 6.66 Å². The molecule has 9 heavy (non-hydrogen) atoms. The van der Waals surface area contributed by atoms with Gasteiger partial charge >= 0.3 is 0 Å². The third-order valence-corrected chi connectivity index (χ3v) is 3.63. The van der Waals surface area contributed by atoms with Crippen molar-refractivity contribution in [3.63, 3.8) is 0 Å². The van der Waals surface area contributed by atoms with Crippen molar-refractivity contribution in [1.29, 1.82) is 0 Å². The Balaban J connectivity index is 2.31. The predicted molar refractivity (Wildman–Crippen MR) is 40.4 cm³/mol. The van der Waals surface area contributed by atoms with Crippen molar-refractivity contribution in [2.24, 2.45) is 0 Å². The average Bonchev–Trinajstić information content (AvgIpc) is 1.90. The molecule has 0 aromatic carbocycles. The lowest BCUT2D eigenvalue weighted by Gasteiger charge is -2.18. The van der Waals surface area contributed by atoms with Crippen LogP contribution >= 0.6 is 7.80 Å². The van der Waals surface area contributed by atoms with Crippen LogP contribution in [0, 0.1) is 0 Å². The van der Waals surface area contributed by atoms with Crippen molar-refractivity contribution >= 4 is 7.80 Å². The molecule has 1 atom stereocenters. The van der Waals surface area contributed by atoms with Gasteiger partial charge in [0.15, 0.2) is 0 Å². The maximum absolute atomic E-state index is 10.9. The first-order valence-corrected chi connectivity index (χ1v) is 5.48. The monoisotopic (exact) mass is 145 g/mol. The Labute approximate surface area is 57.6 Å². The highest BCUT2D eigenvalue weighted by Crippen LogP contribution is 2.34. The Morgan fingerprint density at radius 1 is 1.22 bits per heavy atom. The summed E-state index contributed by atoms with van der Waals surface area (Å²) in [6.45, 7) is 1.87. The third kappa shape index (κ3) is 2.06. The van der Waals surface area contributed by atoms with Gasteiger partial charge in [0.1, 0.15) is 0 Å². The van der Waals surface area contributed by atoms with Gasteiger partial charge in [-0.15, -0.1) is 0 Å². The van der Waals surface area contributed by atoms with Crippen LogP contribution in [0.5, 0.6) is 0 Å². The molecule has 1 unspecified atom stereocenters. The van der Waals surface area contributed by atoms with E-state index in [0.29, 0.717) is 5.66 Å². The summed E-state index contributed by atoms with van der Waals surface area (Å²) in [5, 5.41) is 0. The first-order valence-electron chi connectivity index (χ1n) is 3.70. The summed E-state index contributed by atoms with van der Waals surface area (Å²) in [6.07, 6.45) is 6.40. The van der Waals surface area contributed by atoms with Crippen LogP contribution in [0.2, 0.25) is 0 Å². The van der Waals surface area contributed by atoms with Crippen molar-refractivity contribution in [3.8, 4) is 0 Å². The minimum Gasteiger partial charge on any atom is -0.287 e. The molecule has 0 heterocycles.